The first-order chi connectivity index (χ1) is 17.2. The summed E-state index contributed by atoms with van der Waals surface area (Å²) in [6.07, 6.45) is 6.82. The fourth-order valence-electron chi connectivity index (χ4n) is 3.27. The Morgan fingerprint density at radius 3 is 2.64 bits per heavy atom. The lowest BCUT2D eigenvalue weighted by Crippen LogP contribution is -2.22. The molecule has 0 aliphatic carbocycles. The molecule has 10 heteroatoms. The second-order valence-corrected chi connectivity index (χ2v) is 9.46. The van der Waals surface area contributed by atoms with E-state index in [0.29, 0.717) is 44.8 Å². The molecule has 0 unspecified atom stereocenters. The molecule has 2 aromatic carbocycles. The number of aromatic nitrogens is 2. The molecule has 3 rings (SSSR count). The molecule has 1 heterocycles. The molecular weight excluding hydrogens is 496 g/mol. The van der Waals surface area contributed by atoms with Gasteiger partial charge in [0.25, 0.3) is 5.91 Å². The van der Waals surface area contributed by atoms with Crippen molar-refractivity contribution in [2.24, 2.45) is 0 Å². The summed E-state index contributed by atoms with van der Waals surface area (Å²) in [6, 6.07) is 8.70. The van der Waals surface area contributed by atoms with Crippen molar-refractivity contribution in [2.75, 3.05) is 18.2 Å². The van der Waals surface area contributed by atoms with Gasteiger partial charge in [-0.05, 0) is 56.9 Å². The molecule has 0 saturated carbocycles. The predicted octanol–water partition coefficient (Wildman–Crippen LogP) is 6.41. The van der Waals surface area contributed by atoms with Crippen molar-refractivity contribution >= 4 is 52.7 Å². The molecule has 0 spiro atoms. The lowest BCUT2D eigenvalue weighted by molar-refractivity contribution is 0.0966. The van der Waals surface area contributed by atoms with Crippen LogP contribution in [0.2, 0.25) is 5.02 Å². The van der Waals surface area contributed by atoms with Crippen molar-refractivity contribution < 1.29 is 9.53 Å². The average molecular weight is 525 g/mol. The fourth-order valence-corrected chi connectivity index (χ4v) is 4.27. The van der Waals surface area contributed by atoms with E-state index in [2.05, 4.69) is 15.7 Å². The first-order valence-electron chi connectivity index (χ1n) is 11.1. The van der Waals surface area contributed by atoms with Crippen molar-refractivity contribution in [3.63, 3.8) is 0 Å². The summed E-state index contributed by atoms with van der Waals surface area (Å²) in [6.45, 7) is 7.73. The standard InChI is InChI=1S/C26H29ClN6O2S/c1-6-16(4)36-23(7-2)31-26(34)18-9-8-17(12-22(18)35-5)33-14-15(3)25(32-33)30-21-11-10-20(29)19(13-28)24(21)27/h6-14,28H,29H2,1-5H3,(H,30,32)(H,31,34)/b16-6-,23-7-,28-13?. The van der Waals surface area contributed by atoms with E-state index in [9.17, 15) is 4.79 Å². The summed E-state index contributed by atoms with van der Waals surface area (Å²) >= 11 is 7.91. The molecule has 0 fully saturated rings. The van der Waals surface area contributed by atoms with E-state index in [-0.39, 0.29) is 5.91 Å². The number of carbonyl (C=O) groups excluding carboxylic acids is 1. The van der Waals surface area contributed by atoms with Crippen molar-refractivity contribution in [3.05, 3.63) is 80.3 Å². The van der Waals surface area contributed by atoms with E-state index in [1.165, 1.54) is 18.9 Å². The molecule has 0 saturated heterocycles. The Hall–Kier alpha value is -3.69. The number of hydrogen-bond donors (Lipinski definition) is 4. The molecule has 0 radical (unpaired) electrons. The van der Waals surface area contributed by atoms with Gasteiger partial charge >= 0.3 is 0 Å². The minimum atomic E-state index is -0.262. The second kappa shape index (κ2) is 11.8. The number of nitrogen functional groups attached to an aromatic ring is 1. The number of methoxy groups -OCH3 is 1. The van der Waals surface area contributed by atoms with Gasteiger partial charge in [-0.25, -0.2) is 4.68 Å². The third kappa shape index (κ3) is 5.92. The van der Waals surface area contributed by atoms with Crippen molar-refractivity contribution in [3.8, 4) is 11.4 Å². The number of thioether (sulfide) groups is 1. The third-order valence-electron chi connectivity index (χ3n) is 5.38. The second-order valence-electron chi connectivity index (χ2n) is 7.80. The number of carbonyl (C=O) groups is 1. The number of aryl methyl sites for hydroxylation is 1. The van der Waals surface area contributed by atoms with E-state index in [4.69, 9.17) is 27.5 Å². The molecule has 3 aromatic rings. The number of nitrogens with two attached hydrogens (primary N) is 1. The number of benzene rings is 2. The number of ether oxygens (including phenoxy) is 1. The van der Waals surface area contributed by atoms with Crippen LogP contribution in [0.3, 0.4) is 0 Å². The zero-order valence-corrected chi connectivity index (χ0v) is 22.3. The molecular formula is C26H29ClN6O2S. The number of nitrogens with one attached hydrogen (secondary N) is 3. The average Bonchev–Trinajstić information content (AvgIpc) is 3.24. The first-order valence-corrected chi connectivity index (χ1v) is 12.3. The summed E-state index contributed by atoms with van der Waals surface area (Å²) in [7, 11) is 1.52. The summed E-state index contributed by atoms with van der Waals surface area (Å²) in [5.41, 5.74) is 9.35. The number of allylic oxidation sites excluding steroid dienone is 3. The van der Waals surface area contributed by atoms with Crippen molar-refractivity contribution in [2.45, 2.75) is 27.7 Å². The maximum atomic E-state index is 12.9. The Morgan fingerprint density at radius 2 is 2.00 bits per heavy atom. The number of nitrogens with zero attached hydrogens (tertiary/aromatic N) is 2. The van der Waals surface area contributed by atoms with Crippen LogP contribution in [0.1, 0.15) is 42.3 Å². The molecule has 8 nitrogen and oxygen atoms in total. The monoisotopic (exact) mass is 524 g/mol. The Kier molecular flexibility index (Phi) is 8.84. The normalized spacial score (nSPS) is 11.8. The third-order valence-corrected chi connectivity index (χ3v) is 6.90. The maximum Gasteiger partial charge on any atom is 0.259 e. The Morgan fingerprint density at radius 1 is 1.25 bits per heavy atom. The fraction of sp³-hybridized carbons (Fsp3) is 0.192. The molecule has 5 N–H and O–H groups in total. The molecule has 1 aromatic heterocycles. The lowest BCUT2D eigenvalue weighted by Gasteiger charge is -2.13. The summed E-state index contributed by atoms with van der Waals surface area (Å²) in [5.74, 6) is 0.752. The van der Waals surface area contributed by atoms with Gasteiger partial charge in [0.1, 0.15) is 5.75 Å². The number of halogens is 1. The van der Waals surface area contributed by atoms with Gasteiger partial charge in [0.15, 0.2) is 5.82 Å². The van der Waals surface area contributed by atoms with Crippen LogP contribution in [0.5, 0.6) is 5.75 Å². The van der Waals surface area contributed by atoms with Crippen LogP contribution in [0.4, 0.5) is 17.2 Å². The molecule has 0 bridgehead atoms. The van der Waals surface area contributed by atoms with E-state index in [0.717, 1.165) is 21.7 Å². The van der Waals surface area contributed by atoms with Gasteiger partial charge in [-0.15, -0.1) is 5.10 Å². The largest absolute Gasteiger partial charge is 0.496 e. The van der Waals surface area contributed by atoms with Crippen LogP contribution < -0.4 is 21.1 Å². The minimum Gasteiger partial charge on any atom is -0.496 e. The van der Waals surface area contributed by atoms with E-state index >= 15 is 0 Å². The molecule has 0 atom stereocenters. The maximum absolute atomic E-state index is 12.9. The van der Waals surface area contributed by atoms with Gasteiger partial charge in [0.2, 0.25) is 0 Å². The van der Waals surface area contributed by atoms with Crippen molar-refractivity contribution in [1.82, 2.24) is 15.1 Å². The van der Waals surface area contributed by atoms with E-state index in [1.807, 2.05) is 46.0 Å². The summed E-state index contributed by atoms with van der Waals surface area (Å²) in [5, 5.41) is 19.4. The van der Waals surface area contributed by atoms with Gasteiger partial charge in [-0.3, -0.25) is 4.79 Å². The van der Waals surface area contributed by atoms with Gasteiger partial charge in [-0.1, -0.05) is 35.5 Å². The zero-order chi connectivity index (χ0) is 26.4. The first kappa shape index (κ1) is 26.9. The number of amides is 1. The zero-order valence-electron chi connectivity index (χ0n) is 20.8. The van der Waals surface area contributed by atoms with Crippen LogP contribution in [-0.2, 0) is 0 Å². The number of rotatable bonds is 9. The quantitative estimate of drug-likeness (QED) is 0.189. The van der Waals surface area contributed by atoms with Gasteiger partial charge < -0.3 is 26.5 Å². The molecule has 188 valence electrons. The Bertz CT molecular complexity index is 1360. The van der Waals surface area contributed by atoms with Crippen LogP contribution in [-0.4, -0.2) is 29.0 Å². The van der Waals surface area contributed by atoms with Crippen LogP contribution in [0.15, 0.2) is 58.6 Å². The Labute approximate surface area is 220 Å². The number of hydrogen-bond acceptors (Lipinski definition) is 7. The van der Waals surface area contributed by atoms with Gasteiger partial charge in [-0.2, -0.15) is 0 Å². The highest BCUT2D eigenvalue weighted by molar-refractivity contribution is 8.06. The predicted molar refractivity (Wildman–Crippen MR) is 150 cm³/mol. The molecule has 0 aliphatic rings. The highest BCUT2D eigenvalue weighted by atomic mass is 35.5. The van der Waals surface area contributed by atoms with Crippen molar-refractivity contribution in [1.29, 1.82) is 5.41 Å². The molecule has 1 amide bonds. The highest BCUT2D eigenvalue weighted by Crippen LogP contribution is 2.32. The van der Waals surface area contributed by atoms with Crippen LogP contribution >= 0.6 is 23.4 Å². The SMILES string of the molecule is C/C=C(/C)S/C(=C\C)NC(=O)c1ccc(-n2cc(C)c(Nc3ccc(N)c(C=N)c3Cl)n2)cc1OC. The Balaban J connectivity index is 1.87. The van der Waals surface area contributed by atoms with Crippen LogP contribution in [0.25, 0.3) is 5.69 Å². The van der Waals surface area contributed by atoms with Crippen LogP contribution in [0, 0.1) is 12.3 Å². The van der Waals surface area contributed by atoms with E-state index in [1.54, 1.807) is 35.0 Å². The summed E-state index contributed by atoms with van der Waals surface area (Å²) < 4.78 is 7.21. The molecule has 0 aliphatic heterocycles. The van der Waals surface area contributed by atoms with Gasteiger partial charge in [0, 0.05) is 35.3 Å². The minimum absolute atomic E-state index is 0.262. The smallest absolute Gasteiger partial charge is 0.259 e. The topological polar surface area (TPSA) is 118 Å². The molecule has 36 heavy (non-hydrogen) atoms. The van der Waals surface area contributed by atoms with E-state index < -0.39 is 0 Å². The summed E-state index contributed by atoms with van der Waals surface area (Å²) in [4.78, 5) is 14.0. The van der Waals surface area contributed by atoms with Gasteiger partial charge in [0.05, 0.1) is 34.1 Å². The highest BCUT2D eigenvalue weighted by Gasteiger charge is 2.17. The number of anilines is 3. The lowest BCUT2D eigenvalue weighted by atomic mass is 10.1.